The van der Waals surface area contributed by atoms with E-state index in [1.54, 1.807) is 30.2 Å². The van der Waals surface area contributed by atoms with E-state index in [0.717, 1.165) is 62.9 Å². The fourth-order valence-electron chi connectivity index (χ4n) is 6.82. The Morgan fingerprint density at radius 2 is 1.08 bits per heavy atom. The Morgan fingerprint density at radius 1 is 0.654 bits per heavy atom. The SMILES string of the molecule is CCO[Si](CCCNC(NCCC[Si](OCC)(OCC)OCC)[Si]CCc1c(CC[Si](OC)OC)cc(C)c([Si](C)C)c1[Si](C)C)(OCC)OCC. The van der Waals surface area contributed by atoms with Gasteiger partial charge in [-0.15, -0.1) is 0 Å². The minimum atomic E-state index is -2.68. The van der Waals surface area contributed by atoms with Crippen LogP contribution in [0.1, 0.15) is 71.1 Å². The third-order valence-electron chi connectivity index (χ3n) is 8.70. The molecule has 1 aromatic carbocycles. The first-order valence-corrected chi connectivity index (χ1v) is 31.4. The van der Waals surface area contributed by atoms with E-state index in [4.69, 9.17) is 35.4 Å². The van der Waals surface area contributed by atoms with Crippen molar-refractivity contribution >= 4 is 64.4 Å². The molecule has 5 radical (unpaired) electrons. The van der Waals surface area contributed by atoms with Gasteiger partial charge in [0.05, 0.1) is 27.1 Å². The maximum atomic E-state index is 6.14. The van der Waals surface area contributed by atoms with Crippen LogP contribution in [0.4, 0.5) is 0 Å². The third-order valence-corrected chi connectivity index (χ3v) is 21.4. The average molecular weight is 833 g/mol. The maximum Gasteiger partial charge on any atom is 0.500 e. The van der Waals surface area contributed by atoms with Gasteiger partial charge in [0.1, 0.15) is 0 Å². The standard InChI is InChI=1S/C36H75N2O8Si6/c1-14-41-51(42-15-2,43-16-3)28-20-24-37-36(38-25-21-29-52(44-17-4,45-18-5)46-19-6)47-26-22-33-32(23-27-50(39-8)40-9)30-31(7)34(48(10)11)35(33)49(12)13/h30,36-38H,14-29H2,1-13H3. The number of aryl methyl sites for hydroxylation is 2. The third kappa shape index (κ3) is 17.5. The quantitative estimate of drug-likeness (QED) is 0.0556. The highest BCUT2D eigenvalue weighted by Crippen LogP contribution is 2.20. The van der Waals surface area contributed by atoms with Gasteiger partial charge in [-0.3, -0.25) is 0 Å². The monoisotopic (exact) mass is 831 g/mol. The fraction of sp³-hybridized carbons (Fsp3) is 0.833. The summed E-state index contributed by atoms with van der Waals surface area (Å²) in [5.74, 6) is 0.198. The van der Waals surface area contributed by atoms with Crippen LogP contribution in [0.5, 0.6) is 0 Å². The lowest BCUT2D eigenvalue weighted by Crippen LogP contribution is -2.50. The van der Waals surface area contributed by atoms with Crippen molar-refractivity contribution in [1.82, 2.24) is 10.6 Å². The molecular weight excluding hydrogens is 757 g/mol. The Labute approximate surface area is 329 Å². The largest absolute Gasteiger partial charge is 0.500 e. The average Bonchev–Trinajstić information content (AvgIpc) is 3.09. The van der Waals surface area contributed by atoms with Gasteiger partial charge < -0.3 is 46.0 Å². The molecule has 0 atom stereocenters. The molecule has 0 fully saturated rings. The van der Waals surface area contributed by atoms with Crippen molar-refractivity contribution in [2.24, 2.45) is 0 Å². The molecule has 1 rings (SSSR count). The van der Waals surface area contributed by atoms with Gasteiger partial charge in [-0.1, -0.05) is 54.2 Å². The predicted octanol–water partition coefficient (Wildman–Crippen LogP) is 5.25. The smallest absolute Gasteiger partial charge is 0.397 e. The van der Waals surface area contributed by atoms with Gasteiger partial charge in [-0.05, 0) is 104 Å². The summed E-state index contributed by atoms with van der Waals surface area (Å²) in [5, 5.41) is 11.1. The lowest BCUT2D eigenvalue weighted by molar-refractivity contribution is 0.0701. The molecule has 0 unspecified atom stereocenters. The molecule has 0 amide bonds. The van der Waals surface area contributed by atoms with Crippen molar-refractivity contribution in [3.05, 3.63) is 22.8 Å². The molecule has 52 heavy (non-hydrogen) atoms. The first kappa shape index (κ1) is 50.1. The van der Waals surface area contributed by atoms with E-state index in [-0.39, 0.29) is 5.79 Å². The molecule has 301 valence electrons. The zero-order valence-electron chi connectivity index (χ0n) is 35.2. The molecule has 2 N–H and O–H groups in total. The van der Waals surface area contributed by atoms with E-state index < -0.39 is 44.5 Å². The summed E-state index contributed by atoms with van der Waals surface area (Å²) in [5.41, 5.74) is 4.58. The minimum Gasteiger partial charge on any atom is -0.397 e. The Balaban J connectivity index is 3.25. The van der Waals surface area contributed by atoms with E-state index >= 15 is 0 Å². The first-order chi connectivity index (χ1) is 25.0. The van der Waals surface area contributed by atoms with Gasteiger partial charge in [0, 0.05) is 71.7 Å². The van der Waals surface area contributed by atoms with Crippen LogP contribution >= 0.6 is 0 Å². The first-order valence-electron chi connectivity index (χ1n) is 19.7. The molecule has 0 spiro atoms. The summed E-state index contributed by atoms with van der Waals surface area (Å²) < 4.78 is 48.2. The molecule has 16 heteroatoms. The molecule has 0 bridgehead atoms. The Morgan fingerprint density at radius 3 is 1.44 bits per heavy atom. The minimum absolute atomic E-state index is 0.198. The second-order valence-electron chi connectivity index (χ2n) is 13.1. The van der Waals surface area contributed by atoms with Crippen LogP contribution in [0, 0.1) is 6.92 Å². The van der Waals surface area contributed by atoms with Crippen molar-refractivity contribution in [2.75, 3.05) is 67.0 Å². The fourth-order valence-corrected chi connectivity index (χ4v) is 19.0. The summed E-state index contributed by atoms with van der Waals surface area (Å²) in [6.45, 7) is 29.6. The lowest BCUT2D eigenvalue weighted by atomic mass is 10.00. The summed E-state index contributed by atoms with van der Waals surface area (Å²) in [6, 6.07) is 6.17. The van der Waals surface area contributed by atoms with Crippen LogP contribution in [-0.2, 0) is 48.2 Å². The Hall–Kier alpha value is 0.121. The van der Waals surface area contributed by atoms with Gasteiger partial charge in [0.2, 0.25) is 0 Å². The van der Waals surface area contributed by atoms with E-state index in [0.29, 0.717) is 49.2 Å². The van der Waals surface area contributed by atoms with Gasteiger partial charge in [0.15, 0.2) is 0 Å². The number of hydrogen-bond acceptors (Lipinski definition) is 10. The van der Waals surface area contributed by atoms with Crippen LogP contribution in [0.15, 0.2) is 6.07 Å². The number of hydrogen-bond donors (Lipinski definition) is 2. The maximum absolute atomic E-state index is 6.14. The normalized spacial score (nSPS) is 12.8. The zero-order chi connectivity index (χ0) is 39.0. The number of rotatable bonds is 33. The van der Waals surface area contributed by atoms with Crippen LogP contribution in [0.3, 0.4) is 0 Å². The summed E-state index contributed by atoms with van der Waals surface area (Å²) in [4.78, 5) is 0. The summed E-state index contributed by atoms with van der Waals surface area (Å²) in [6.07, 6.45) is 3.95. The van der Waals surface area contributed by atoms with E-state index in [2.05, 4.69) is 49.8 Å². The molecule has 0 heterocycles. The molecule has 1 aromatic rings. The molecule has 0 aliphatic carbocycles. The molecule has 0 aliphatic rings. The number of benzene rings is 1. The molecule has 0 saturated heterocycles. The van der Waals surface area contributed by atoms with Crippen LogP contribution in [0.2, 0.25) is 50.4 Å². The Kier molecular flexibility index (Phi) is 27.5. The van der Waals surface area contributed by atoms with E-state index in [1.807, 2.05) is 41.5 Å². The van der Waals surface area contributed by atoms with Crippen LogP contribution in [-0.4, -0.2) is 127 Å². The highest BCUT2D eigenvalue weighted by molar-refractivity contribution is 6.82. The van der Waals surface area contributed by atoms with Gasteiger partial charge in [-0.2, -0.15) is 0 Å². The topological polar surface area (TPSA) is 97.9 Å². The van der Waals surface area contributed by atoms with Crippen molar-refractivity contribution in [3.8, 4) is 0 Å². The van der Waals surface area contributed by atoms with Crippen molar-refractivity contribution in [1.29, 1.82) is 0 Å². The highest BCUT2D eigenvalue weighted by atomic mass is 28.4. The molecule has 0 aliphatic heterocycles. The van der Waals surface area contributed by atoms with Crippen molar-refractivity contribution in [2.45, 2.75) is 130 Å². The Bertz CT molecular complexity index is 1010. The molecule has 0 aromatic heterocycles. The predicted molar refractivity (Wildman–Crippen MR) is 228 cm³/mol. The van der Waals surface area contributed by atoms with Crippen LogP contribution < -0.4 is 21.0 Å². The zero-order valence-corrected chi connectivity index (χ0v) is 41.2. The van der Waals surface area contributed by atoms with E-state index in [9.17, 15) is 0 Å². The molecule has 0 saturated carbocycles. The van der Waals surface area contributed by atoms with Gasteiger partial charge in [0.25, 0.3) is 0 Å². The lowest BCUT2D eigenvalue weighted by Gasteiger charge is -2.29. The summed E-state index contributed by atoms with van der Waals surface area (Å²) >= 11 is 0. The van der Waals surface area contributed by atoms with Gasteiger partial charge >= 0.3 is 26.9 Å². The van der Waals surface area contributed by atoms with Crippen LogP contribution in [0.25, 0.3) is 0 Å². The second kappa shape index (κ2) is 28.5. The number of nitrogens with one attached hydrogen (secondary N) is 2. The van der Waals surface area contributed by atoms with E-state index in [1.165, 1.54) is 11.1 Å². The highest BCUT2D eigenvalue weighted by Gasteiger charge is 2.40. The second-order valence-corrected chi connectivity index (χ2v) is 27.1. The van der Waals surface area contributed by atoms with Crippen molar-refractivity contribution in [3.63, 3.8) is 0 Å². The molecular formula is C36H75N2O8Si6. The summed E-state index contributed by atoms with van der Waals surface area (Å²) in [7, 11) is -3.64. The molecule has 10 nitrogen and oxygen atoms in total. The van der Waals surface area contributed by atoms with Crippen molar-refractivity contribution < 1.29 is 35.4 Å². The van der Waals surface area contributed by atoms with Gasteiger partial charge in [-0.25, -0.2) is 0 Å².